The van der Waals surface area contributed by atoms with E-state index in [-0.39, 0.29) is 5.82 Å². The number of benzene rings is 1. The first-order chi connectivity index (χ1) is 8.60. The minimum atomic E-state index is -0.296. The Bertz CT molecular complexity index is 625. The number of aromatic amines is 1. The summed E-state index contributed by atoms with van der Waals surface area (Å²) in [7, 11) is 0. The van der Waals surface area contributed by atoms with Gasteiger partial charge in [0.2, 0.25) is 0 Å². The first-order valence-electron chi connectivity index (χ1n) is 5.66. The van der Waals surface area contributed by atoms with Crippen molar-refractivity contribution in [3.05, 3.63) is 44.9 Å². The fourth-order valence-corrected chi connectivity index (χ4v) is 2.39. The molecule has 1 aromatic heterocycles. The van der Waals surface area contributed by atoms with Gasteiger partial charge in [-0.1, -0.05) is 41.5 Å². The zero-order valence-corrected chi connectivity index (χ0v) is 12.2. The lowest BCUT2D eigenvalue weighted by atomic mass is 10.2. The molecule has 0 bridgehead atoms. The van der Waals surface area contributed by atoms with Crippen LogP contribution in [0.1, 0.15) is 19.0 Å². The van der Waals surface area contributed by atoms with Gasteiger partial charge in [0.1, 0.15) is 16.3 Å². The second-order valence-electron chi connectivity index (χ2n) is 3.97. The van der Waals surface area contributed by atoms with Gasteiger partial charge in [0.15, 0.2) is 0 Å². The predicted octanol–water partition coefficient (Wildman–Crippen LogP) is 4.66. The minimum absolute atomic E-state index is 0.296. The number of rotatable bonds is 3. The highest BCUT2D eigenvalue weighted by atomic mass is 79.9. The molecule has 0 aliphatic rings. The summed E-state index contributed by atoms with van der Waals surface area (Å²) in [6.07, 6.45) is 1.91. The lowest BCUT2D eigenvalue weighted by Crippen LogP contribution is -1.97. The molecule has 18 heavy (non-hydrogen) atoms. The van der Waals surface area contributed by atoms with Gasteiger partial charge < -0.3 is 4.98 Å². The van der Waals surface area contributed by atoms with Crippen molar-refractivity contribution in [2.24, 2.45) is 0 Å². The van der Waals surface area contributed by atoms with E-state index in [1.807, 2.05) is 6.07 Å². The van der Waals surface area contributed by atoms with Gasteiger partial charge in [-0.3, -0.25) is 0 Å². The molecule has 2 nitrogen and oxygen atoms in total. The number of halogens is 2. The van der Waals surface area contributed by atoms with E-state index >= 15 is 0 Å². The van der Waals surface area contributed by atoms with Crippen LogP contribution in [0.15, 0.2) is 28.7 Å². The van der Waals surface area contributed by atoms with E-state index in [9.17, 15) is 4.39 Å². The summed E-state index contributed by atoms with van der Waals surface area (Å²) in [6, 6.07) is 6.34. The van der Waals surface area contributed by atoms with E-state index in [0.717, 1.165) is 23.0 Å². The fraction of sp³-hybridized carbons (Fsp3) is 0.231. The number of hydrogen-bond acceptors (Lipinski definition) is 2. The van der Waals surface area contributed by atoms with Crippen molar-refractivity contribution in [1.82, 2.24) is 9.97 Å². The highest BCUT2D eigenvalue weighted by Gasteiger charge is 2.08. The average molecular weight is 327 g/mol. The van der Waals surface area contributed by atoms with Gasteiger partial charge in [-0.2, -0.15) is 0 Å². The molecule has 2 aromatic rings. The zero-order valence-electron chi connectivity index (χ0n) is 9.84. The van der Waals surface area contributed by atoms with Gasteiger partial charge in [-0.05, 0) is 30.7 Å². The third-order valence-corrected chi connectivity index (χ3v) is 3.40. The summed E-state index contributed by atoms with van der Waals surface area (Å²) in [5, 5.41) is 0. The van der Waals surface area contributed by atoms with Crippen LogP contribution in [-0.4, -0.2) is 9.97 Å². The van der Waals surface area contributed by atoms with E-state index in [1.54, 1.807) is 6.07 Å². The van der Waals surface area contributed by atoms with Crippen LogP contribution >= 0.6 is 28.1 Å². The quantitative estimate of drug-likeness (QED) is 0.831. The molecule has 1 heterocycles. The second kappa shape index (κ2) is 5.71. The van der Waals surface area contributed by atoms with Gasteiger partial charge in [0.25, 0.3) is 0 Å². The Labute approximate surface area is 118 Å². The monoisotopic (exact) mass is 326 g/mol. The zero-order chi connectivity index (χ0) is 13.1. The molecular weight excluding hydrogens is 315 g/mol. The van der Waals surface area contributed by atoms with Crippen LogP contribution in [0.3, 0.4) is 0 Å². The summed E-state index contributed by atoms with van der Waals surface area (Å²) < 4.78 is 14.6. The minimum Gasteiger partial charge on any atom is -0.343 e. The van der Waals surface area contributed by atoms with Crippen LogP contribution in [0.5, 0.6) is 0 Å². The molecule has 5 heteroatoms. The normalized spacial score (nSPS) is 10.6. The van der Waals surface area contributed by atoms with Crippen LogP contribution in [0, 0.1) is 10.5 Å². The second-order valence-corrected chi connectivity index (χ2v) is 5.24. The van der Waals surface area contributed by atoms with E-state index in [4.69, 9.17) is 12.2 Å². The van der Waals surface area contributed by atoms with Crippen molar-refractivity contribution in [2.45, 2.75) is 19.8 Å². The van der Waals surface area contributed by atoms with Crippen molar-refractivity contribution in [3.63, 3.8) is 0 Å². The van der Waals surface area contributed by atoms with Crippen LogP contribution in [0.25, 0.3) is 11.4 Å². The van der Waals surface area contributed by atoms with Gasteiger partial charge >= 0.3 is 0 Å². The average Bonchev–Trinajstić information content (AvgIpc) is 2.32. The van der Waals surface area contributed by atoms with Gasteiger partial charge in [-0.15, -0.1) is 0 Å². The number of nitrogens with one attached hydrogen (secondary N) is 1. The Morgan fingerprint density at radius 2 is 2.17 bits per heavy atom. The van der Waals surface area contributed by atoms with E-state index in [2.05, 4.69) is 32.8 Å². The van der Waals surface area contributed by atoms with Crippen molar-refractivity contribution >= 4 is 28.1 Å². The molecule has 2 rings (SSSR count). The molecular formula is C13H12BrFN2S. The molecule has 0 atom stereocenters. The van der Waals surface area contributed by atoms with E-state index < -0.39 is 0 Å². The third-order valence-electron chi connectivity index (χ3n) is 2.50. The van der Waals surface area contributed by atoms with Crippen LogP contribution < -0.4 is 0 Å². The fourth-order valence-electron chi connectivity index (χ4n) is 1.72. The smallest absolute Gasteiger partial charge is 0.140 e. The summed E-state index contributed by atoms with van der Waals surface area (Å²) >= 11 is 8.53. The molecule has 0 radical (unpaired) electrons. The maximum Gasteiger partial charge on any atom is 0.140 e. The Hall–Kier alpha value is -1.07. The maximum absolute atomic E-state index is 13.3. The largest absolute Gasteiger partial charge is 0.343 e. The topological polar surface area (TPSA) is 28.7 Å². The molecule has 1 N–H and O–H groups in total. The van der Waals surface area contributed by atoms with E-state index in [1.165, 1.54) is 12.1 Å². The van der Waals surface area contributed by atoms with Crippen molar-refractivity contribution in [1.29, 1.82) is 0 Å². The number of H-pyrrole nitrogens is 1. The summed E-state index contributed by atoms with van der Waals surface area (Å²) in [4.78, 5) is 7.45. The lowest BCUT2D eigenvalue weighted by molar-refractivity contribution is 0.628. The Morgan fingerprint density at radius 3 is 2.89 bits per heavy atom. The predicted molar refractivity (Wildman–Crippen MR) is 76.5 cm³/mol. The number of aromatic nitrogens is 2. The molecule has 0 aliphatic heterocycles. The maximum atomic E-state index is 13.3. The van der Waals surface area contributed by atoms with Crippen LogP contribution in [0.4, 0.5) is 4.39 Å². The van der Waals surface area contributed by atoms with Gasteiger partial charge in [0, 0.05) is 15.7 Å². The molecule has 0 aliphatic carbocycles. The summed E-state index contributed by atoms with van der Waals surface area (Å²) in [5.41, 5.74) is 1.70. The number of aryl methyl sites for hydroxylation is 1. The first-order valence-corrected chi connectivity index (χ1v) is 6.86. The molecule has 1 aromatic carbocycles. The SMILES string of the molecule is CCCc1cc(=S)nc(-c2cc(F)ccc2Br)[nH]1. The lowest BCUT2D eigenvalue weighted by Gasteiger charge is -2.07. The van der Waals surface area contributed by atoms with Crippen molar-refractivity contribution in [3.8, 4) is 11.4 Å². The molecule has 94 valence electrons. The van der Waals surface area contributed by atoms with E-state index in [0.29, 0.717) is 16.0 Å². The molecule has 0 amide bonds. The highest BCUT2D eigenvalue weighted by molar-refractivity contribution is 9.10. The molecule has 0 saturated heterocycles. The van der Waals surface area contributed by atoms with Gasteiger partial charge in [0.05, 0.1) is 0 Å². The molecule has 0 spiro atoms. The third kappa shape index (κ3) is 3.03. The van der Waals surface area contributed by atoms with Crippen LogP contribution in [0.2, 0.25) is 0 Å². The summed E-state index contributed by atoms with van der Waals surface area (Å²) in [5.74, 6) is 0.299. The Kier molecular flexibility index (Phi) is 4.24. The number of nitrogens with zero attached hydrogens (tertiary/aromatic N) is 1. The molecule has 0 unspecified atom stereocenters. The van der Waals surface area contributed by atoms with Crippen molar-refractivity contribution in [2.75, 3.05) is 0 Å². The highest BCUT2D eigenvalue weighted by Crippen LogP contribution is 2.26. The standard InChI is InChI=1S/C13H12BrFN2S/c1-2-3-9-7-12(18)17-13(16-9)10-6-8(15)4-5-11(10)14/h4-7H,2-3H2,1H3,(H,16,17,18). The summed E-state index contributed by atoms with van der Waals surface area (Å²) in [6.45, 7) is 2.09. The first kappa shape index (κ1) is 13.4. The molecule has 0 fully saturated rings. The van der Waals surface area contributed by atoms with Gasteiger partial charge in [-0.25, -0.2) is 9.37 Å². The molecule has 0 saturated carbocycles. The van der Waals surface area contributed by atoms with Crippen molar-refractivity contribution < 1.29 is 4.39 Å². The Balaban J connectivity index is 2.56. The van der Waals surface area contributed by atoms with Crippen LogP contribution in [-0.2, 0) is 6.42 Å². The number of hydrogen-bond donors (Lipinski definition) is 1. The Morgan fingerprint density at radius 1 is 1.39 bits per heavy atom.